The molecule has 0 saturated carbocycles. The van der Waals surface area contributed by atoms with Crippen LogP contribution in [-0.2, 0) is 0 Å². The Balaban J connectivity index is 1.39. The summed E-state index contributed by atoms with van der Waals surface area (Å²) in [6.07, 6.45) is 1.44. The van der Waals surface area contributed by atoms with Crippen LogP contribution in [0.15, 0.2) is 53.6 Å². The minimum absolute atomic E-state index is 0.130. The molecule has 0 fully saturated rings. The lowest BCUT2D eigenvalue weighted by molar-refractivity contribution is 0.0734. The summed E-state index contributed by atoms with van der Waals surface area (Å²) in [5, 5.41) is 10.4. The average molecular weight is 392 g/mol. The van der Waals surface area contributed by atoms with Crippen LogP contribution in [0.4, 0.5) is 0 Å². The molecule has 3 aromatic rings. The smallest absolute Gasteiger partial charge is 0.343 e. The van der Waals surface area contributed by atoms with Crippen LogP contribution in [0.5, 0.6) is 17.2 Å². The van der Waals surface area contributed by atoms with E-state index in [0.717, 1.165) is 5.69 Å². The van der Waals surface area contributed by atoms with E-state index < -0.39 is 11.9 Å². The number of benzene rings is 2. The van der Waals surface area contributed by atoms with Crippen molar-refractivity contribution in [2.75, 3.05) is 6.79 Å². The first kappa shape index (κ1) is 18.2. The minimum Gasteiger partial charge on any atom is -0.454 e. The Morgan fingerprint density at radius 1 is 1.17 bits per heavy atom. The van der Waals surface area contributed by atoms with Gasteiger partial charge in [-0.2, -0.15) is 10.2 Å². The molecule has 4 rings (SSSR count). The minimum atomic E-state index is -0.528. The number of hydrazone groups is 1. The molecule has 0 saturated heterocycles. The predicted octanol–water partition coefficient (Wildman–Crippen LogP) is 2.43. The van der Waals surface area contributed by atoms with Crippen molar-refractivity contribution in [2.24, 2.45) is 5.10 Å². The van der Waals surface area contributed by atoms with Gasteiger partial charge in [0.25, 0.3) is 5.91 Å². The van der Waals surface area contributed by atoms with Crippen LogP contribution in [0.1, 0.15) is 32.1 Å². The van der Waals surface area contributed by atoms with Crippen LogP contribution in [-0.4, -0.2) is 35.1 Å². The van der Waals surface area contributed by atoms with Crippen LogP contribution < -0.4 is 19.6 Å². The fraction of sp³-hybridized carbons (Fsp3) is 0.100. The fourth-order valence-corrected chi connectivity index (χ4v) is 2.60. The van der Waals surface area contributed by atoms with Gasteiger partial charge in [0.15, 0.2) is 17.2 Å². The van der Waals surface area contributed by atoms with Crippen molar-refractivity contribution in [2.45, 2.75) is 6.92 Å². The lowest BCUT2D eigenvalue weighted by Crippen LogP contribution is -2.18. The Morgan fingerprint density at radius 2 is 2.03 bits per heavy atom. The monoisotopic (exact) mass is 392 g/mol. The molecular formula is C20H16N4O5. The van der Waals surface area contributed by atoms with E-state index in [1.165, 1.54) is 6.21 Å². The molecule has 2 N–H and O–H groups in total. The molecule has 1 aliphatic rings. The van der Waals surface area contributed by atoms with Gasteiger partial charge in [-0.25, -0.2) is 10.2 Å². The van der Waals surface area contributed by atoms with Gasteiger partial charge in [-0.1, -0.05) is 12.1 Å². The van der Waals surface area contributed by atoms with E-state index in [1.807, 2.05) is 0 Å². The molecule has 1 aromatic heterocycles. The number of nitrogens with one attached hydrogen (secondary N) is 2. The van der Waals surface area contributed by atoms with Crippen molar-refractivity contribution in [3.05, 3.63) is 71.0 Å². The average Bonchev–Trinajstić information content (AvgIpc) is 3.36. The van der Waals surface area contributed by atoms with E-state index in [1.54, 1.807) is 55.5 Å². The maximum atomic E-state index is 12.4. The van der Waals surface area contributed by atoms with Gasteiger partial charge in [-0.15, -0.1) is 0 Å². The number of esters is 1. The predicted molar refractivity (Wildman–Crippen MR) is 102 cm³/mol. The summed E-state index contributed by atoms with van der Waals surface area (Å²) in [6, 6.07) is 13.2. The van der Waals surface area contributed by atoms with E-state index >= 15 is 0 Å². The van der Waals surface area contributed by atoms with E-state index in [2.05, 4.69) is 20.7 Å². The topological polar surface area (TPSA) is 115 Å². The second kappa shape index (κ2) is 7.85. The van der Waals surface area contributed by atoms with Gasteiger partial charge in [0.1, 0.15) is 5.75 Å². The molecule has 1 aliphatic heterocycles. The summed E-state index contributed by atoms with van der Waals surface area (Å²) in [5.41, 5.74) is 4.38. The Kier molecular flexibility index (Phi) is 4.93. The largest absolute Gasteiger partial charge is 0.454 e. The molecule has 0 atom stereocenters. The zero-order valence-electron chi connectivity index (χ0n) is 15.3. The third kappa shape index (κ3) is 4.24. The first-order valence-electron chi connectivity index (χ1n) is 8.66. The molecule has 9 nitrogen and oxygen atoms in total. The molecule has 2 aromatic carbocycles. The maximum Gasteiger partial charge on any atom is 0.343 e. The van der Waals surface area contributed by atoms with E-state index in [4.69, 9.17) is 14.2 Å². The highest BCUT2D eigenvalue weighted by atomic mass is 16.7. The van der Waals surface area contributed by atoms with Crippen LogP contribution in [0.25, 0.3) is 0 Å². The quantitative estimate of drug-likeness (QED) is 0.298. The molecular weight excluding hydrogens is 376 g/mol. The Morgan fingerprint density at radius 3 is 2.86 bits per heavy atom. The molecule has 0 radical (unpaired) electrons. The number of amides is 1. The normalized spacial score (nSPS) is 12.2. The summed E-state index contributed by atoms with van der Waals surface area (Å²) in [5.74, 6) is 0.469. The number of carbonyl (C=O) groups excluding carboxylic acids is 2. The number of rotatable bonds is 5. The summed E-state index contributed by atoms with van der Waals surface area (Å²) >= 11 is 0. The number of aryl methyl sites for hydroxylation is 1. The number of fused-ring (bicyclic) bond motifs is 1. The fourth-order valence-electron chi connectivity index (χ4n) is 2.60. The number of hydrogen-bond donors (Lipinski definition) is 2. The molecule has 2 heterocycles. The van der Waals surface area contributed by atoms with Crippen molar-refractivity contribution in [3.8, 4) is 17.2 Å². The Labute approximate surface area is 165 Å². The molecule has 29 heavy (non-hydrogen) atoms. The third-order valence-electron chi connectivity index (χ3n) is 4.00. The number of aromatic nitrogens is 2. The molecule has 0 aliphatic carbocycles. The summed E-state index contributed by atoms with van der Waals surface area (Å²) in [7, 11) is 0. The molecule has 1 amide bonds. The van der Waals surface area contributed by atoms with Crippen molar-refractivity contribution in [1.29, 1.82) is 0 Å². The first-order chi connectivity index (χ1) is 14.1. The van der Waals surface area contributed by atoms with Gasteiger partial charge in [-0.05, 0) is 48.9 Å². The first-order valence-corrected chi connectivity index (χ1v) is 8.66. The van der Waals surface area contributed by atoms with Gasteiger partial charge in [0, 0.05) is 5.69 Å². The summed E-state index contributed by atoms with van der Waals surface area (Å²) in [4.78, 5) is 24.3. The van der Waals surface area contributed by atoms with Crippen molar-refractivity contribution >= 4 is 18.1 Å². The second-order valence-electron chi connectivity index (χ2n) is 6.17. The highest BCUT2D eigenvalue weighted by Crippen LogP contribution is 2.32. The van der Waals surface area contributed by atoms with Crippen LogP contribution in [0.3, 0.4) is 0 Å². The molecule has 0 spiro atoms. The molecule has 0 bridgehead atoms. The highest BCUT2D eigenvalue weighted by Gasteiger charge is 2.17. The maximum absolute atomic E-state index is 12.4. The Bertz CT molecular complexity index is 1110. The van der Waals surface area contributed by atoms with E-state index in [0.29, 0.717) is 28.4 Å². The molecule has 9 heteroatoms. The van der Waals surface area contributed by atoms with Crippen molar-refractivity contribution < 1.29 is 23.8 Å². The number of H-pyrrole nitrogens is 1. The highest BCUT2D eigenvalue weighted by molar-refractivity contribution is 5.93. The number of ether oxygens (including phenoxy) is 3. The van der Waals surface area contributed by atoms with Gasteiger partial charge in [0.2, 0.25) is 6.79 Å². The molecule has 146 valence electrons. The van der Waals surface area contributed by atoms with Crippen LogP contribution >= 0.6 is 0 Å². The molecule has 0 unspecified atom stereocenters. The Hall–Kier alpha value is -4.14. The second-order valence-corrected chi connectivity index (χ2v) is 6.17. The number of nitrogens with zero attached hydrogens (tertiary/aromatic N) is 2. The number of hydrogen-bond acceptors (Lipinski definition) is 7. The van der Waals surface area contributed by atoms with Crippen LogP contribution in [0, 0.1) is 6.92 Å². The van der Waals surface area contributed by atoms with Gasteiger partial charge >= 0.3 is 5.97 Å². The standard InChI is InChI=1S/C20H16N4O5/c1-12-7-16(23-22-12)19(25)24-21-10-13-3-2-4-15(8-13)29-20(26)14-5-6-17-18(9-14)28-11-27-17/h2-10H,11H2,1H3,(H,22,23)(H,24,25)/b21-10-. The van der Waals surface area contributed by atoms with Gasteiger partial charge in [0.05, 0.1) is 11.8 Å². The summed E-state index contributed by atoms with van der Waals surface area (Å²) in [6.45, 7) is 1.93. The van der Waals surface area contributed by atoms with Crippen molar-refractivity contribution in [1.82, 2.24) is 15.6 Å². The van der Waals surface area contributed by atoms with Gasteiger partial charge in [-0.3, -0.25) is 9.89 Å². The van der Waals surface area contributed by atoms with Crippen molar-refractivity contribution in [3.63, 3.8) is 0 Å². The number of aromatic amines is 1. The lowest BCUT2D eigenvalue weighted by atomic mass is 10.2. The van der Waals surface area contributed by atoms with Gasteiger partial charge < -0.3 is 14.2 Å². The van der Waals surface area contributed by atoms with E-state index in [-0.39, 0.29) is 12.5 Å². The lowest BCUT2D eigenvalue weighted by Gasteiger charge is -2.06. The van der Waals surface area contributed by atoms with Crippen LogP contribution in [0.2, 0.25) is 0 Å². The zero-order chi connectivity index (χ0) is 20.2. The number of carbonyl (C=O) groups is 2. The zero-order valence-corrected chi connectivity index (χ0v) is 15.3. The third-order valence-corrected chi connectivity index (χ3v) is 4.00. The SMILES string of the molecule is Cc1cc(C(=O)N/N=C\c2cccc(OC(=O)c3ccc4c(c3)OCO4)c2)n[nH]1. The summed E-state index contributed by atoms with van der Waals surface area (Å²) < 4.78 is 15.9. The van der Waals surface area contributed by atoms with E-state index in [9.17, 15) is 9.59 Å².